The average molecular weight is 335 g/mol. The van der Waals surface area contributed by atoms with Crippen LogP contribution in [0.5, 0.6) is 0 Å². The van der Waals surface area contributed by atoms with Crippen molar-refractivity contribution < 1.29 is 9.47 Å². The van der Waals surface area contributed by atoms with Gasteiger partial charge in [-0.3, -0.25) is 0 Å². The number of benzene rings is 1. The second-order valence-corrected chi connectivity index (χ2v) is 7.26. The number of halogens is 1. The summed E-state index contributed by atoms with van der Waals surface area (Å²) in [4.78, 5) is 0. The van der Waals surface area contributed by atoms with Gasteiger partial charge in [-0.2, -0.15) is 0 Å². The van der Waals surface area contributed by atoms with Crippen LogP contribution in [0.25, 0.3) is 5.57 Å². The maximum atomic E-state index is 5.86. The fraction of sp³-hybridized carbons (Fsp3) is 0.529. The maximum absolute atomic E-state index is 5.86. The highest BCUT2D eigenvalue weighted by Crippen LogP contribution is 2.57. The second-order valence-electron chi connectivity index (χ2n) is 6.34. The van der Waals surface area contributed by atoms with E-state index in [2.05, 4.69) is 40.7 Å². The van der Waals surface area contributed by atoms with Crippen molar-refractivity contribution in [1.29, 1.82) is 0 Å². The quantitative estimate of drug-likeness (QED) is 0.703. The molecule has 0 unspecified atom stereocenters. The van der Waals surface area contributed by atoms with Crippen LogP contribution in [0.15, 0.2) is 29.3 Å². The van der Waals surface area contributed by atoms with Gasteiger partial charge in [0.25, 0.3) is 0 Å². The van der Waals surface area contributed by atoms with Gasteiger partial charge in [0.05, 0.1) is 13.2 Å². The minimum Gasteiger partial charge on any atom is -0.348 e. The Labute approximate surface area is 128 Å². The number of fused-ring (bicyclic) bond motifs is 1. The molecule has 106 valence electrons. The van der Waals surface area contributed by atoms with E-state index in [0.29, 0.717) is 0 Å². The van der Waals surface area contributed by atoms with Crippen LogP contribution < -0.4 is 0 Å². The Kier molecular flexibility index (Phi) is 2.89. The molecule has 1 saturated heterocycles. The molecule has 0 atom stereocenters. The molecule has 2 fully saturated rings. The van der Waals surface area contributed by atoms with Gasteiger partial charge in [0, 0.05) is 17.3 Å². The Morgan fingerprint density at radius 1 is 1.05 bits per heavy atom. The molecule has 0 N–H and O–H groups in total. The smallest absolute Gasteiger partial charge is 0.168 e. The van der Waals surface area contributed by atoms with Crippen LogP contribution in [0.4, 0.5) is 0 Å². The molecule has 1 aliphatic heterocycles. The first-order chi connectivity index (χ1) is 9.63. The fourth-order valence-electron chi connectivity index (χ4n) is 4.11. The number of rotatable bonds is 0. The lowest BCUT2D eigenvalue weighted by atomic mass is 9.68. The Balaban J connectivity index is 1.60. The highest BCUT2D eigenvalue weighted by atomic mass is 79.9. The van der Waals surface area contributed by atoms with E-state index in [1.165, 1.54) is 16.7 Å². The molecular weight excluding hydrogens is 316 g/mol. The topological polar surface area (TPSA) is 18.5 Å². The Morgan fingerprint density at radius 3 is 2.45 bits per heavy atom. The molecule has 2 aliphatic carbocycles. The van der Waals surface area contributed by atoms with Gasteiger partial charge in [-0.1, -0.05) is 28.6 Å². The molecule has 20 heavy (non-hydrogen) atoms. The van der Waals surface area contributed by atoms with Crippen LogP contribution in [0.1, 0.15) is 36.8 Å². The lowest BCUT2D eigenvalue weighted by molar-refractivity contribution is -0.186. The highest BCUT2D eigenvalue weighted by Gasteiger charge is 2.49. The summed E-state index contributed by atoms with van der Waals surface area (Å²) in [5, 5.41) is 0. The normalized spacial score (nSPS) is 26.4. The van der Waals surface area contributed by atoms with E-state index in [-0.39, 0.29) is 11.2 Å². The van der Waals surface area contributed by atoms with Crippen molar-refractivity contribution in [1.82, 2.24) is 0 Å². The molecular formula is C17H19BrO2. The molecule has 1 heterocycles. The molecule has 3 heteroatoms. The molecule has 1 aromatic carbocycles. The van der Waals surface area contributed by atoms with E-state index in [1.807, 2.05) is 0 Å². The van der Waals surface area contributed by atoms with Gasteiger partial charge < -0.3 is 9.47 Å². The summed E-state index contributed by atoms with van der Waals surface area (Å²) in [5.41, 5.74) is 4.36. The minimum absolute atomic E-state index is 0.240. The van der Waals surface area contributed by atoms with Crippen LogP contribution >= 0.6 is 15.9 Å². The van der Waals surface area contributed by atoms with Gasteiger partial charge in [0.2, 0.25) is 0 Å². The van der Waals surface area contributed by atoms with Crippen LogP contribution in [0.2, 0.25) is 0 Å². The molecule has 0 bridgehead atoms. The first-order valence-corrected chi connectivity index (χ1v) is 8.18. The van der Waals surface area contributed by atoms with Crippen LogP contribution in [0.3, 0.4) is 0 Å². The molecule has 4 rings (SSSR count). The van der Waals surface area contributed by atoms with Crippen LogP contribution in [-0.4, -0.2) is 19.0 Å². The summed E-state index contributed by atoms with van der Waals surface area (Å²) in [5.74, 6) is -0.277. The van der Waals surface area contributed by atoms with Crippen molar-refractivity contribution in [3.8, 4) is 0 Å². The summed E-state index contributed by atoms with van der Waals surface area (Å²) in [6.07, 6.45) is 5.38. The molecule has 3 aliphatic rings. The standard InChI is InChI=1S/C17H19BrO2/c1-12-15-10-14(18)3-2-13(15)11-16(12)4-6-17(7-5-16)19-8-9-20-17/h2-3,10H,1,4-9,11H2. The molecule has 0 aromatic heterocycles. The van der Waals surface area contributed by atoms with E-state index in [9.17, 15) is 0 Å². The van der Waals surface area contributed by atoms with E-state index >= 15 is 0 Å². The third-order valence-corrected chi connectivity index (χ3v) is 5.84. The molecule has 0 radical (unpaired) electrons. The largest absolute Gasteiger partial charge is 0.348 e. The van der Waals surface area contributed by atoms with E-state index in [0.717, 1.165) is 49.8 Å². The fourth-order valence-corrected chi connectivity index (χ4v) is 4.48. The average Bonchev–Trinajstić information content (AvgIpc) is 3.00. The van der Waals surface area contributed by atoms with Crippen molar-refractivity contribution in [2.24, 2.45) is 5.41 Å². The SMILES string of the molecule is C=C1c2cc(Br)ccc2CC12CCC1(CC2)OCCO1. The molecule has 2 spiro atoms. The predicted octanol–water partition coefficient (Wildman–Crippen LogP) is 4.32. The predicted molar refractivity (Wildman–Crippen MR) is 82.4 cm³/mol. The molecule has 1 aromatic rings. The van der Waals surface area contributed by atoms with Crippen LogP contribution in [-0.2, 0) is 15.9 Å². The lowest BCUT2D eigenvalue weighted by Gasteiger charge is -2.42. The zero-order valence-electron chi connectivity index (χ0n) is 11.6. The number of hydrogen-bond acceptors (Lipinski definition) is 2. The van der Waals surface area contributed by atoms with Gasteiger partial charge in [-0.15, -0.1) is 0 Å². The first-order valence-electron chi connectivity index (χ1n) is 7.39. The van der Waals surface area contributed by atoms with Gasteiger partial charge in [-0.25, -0.2) is 0 Å². The monoisotopic (exact) mass is 334 g/mol. The molecule has 0 amide bonds. The lowest BCUT2D eigenvalue weighted by Crippen LogP contribution is -2.40. The number of hydrogen-bond donors (Lipinski definition) is 0. The van der Waals surface area contributed by atoms with Gasteiger partial charge in [0.15, 0.2) is 5.79 Å². The number of ether oxygens (including phenoxy) is 2. The van der Waals surface area contributed by atoms with Gasteiger partial charge in [0.1, 0.15) is 0 Å². The van der Waals surface area contributed by atoms with Gasteiger partial charge in [-0.05, 0) is 53.5 Å². The Hall–Kier alpha value is -0.640. The zero-order chi connectivity index (χ0) is 13.8. The van der Waals surface area contributed by atoms with Gasteiger partial charge >= 0.3 is 0 Å². The summed E-state index contributed by atoms with van der Waals surface area (Å²) in [6, 6.07) is 6.60. The summed E-state index contributed by atoms with van der Waals surface area (Å²) < 4.78 is 12.9. The summed E-state index contributed by atoms with van der Waals surface area (Å²) >= 11 is 3.57. The van der Waals surface area contributed by atoms with Crippen molar-refractivity contribution in [2.75, 3.05) is 13.2 Å². The van der Waals surface area contributed by atoms with Crippen LogP contribution in [0, 0.1) is 5.41 Å². The minimum atomic E-state index is -0.277. The third-order valence-electron chi connectivity index (χ3n) is 5.35. The highest BCUT2D eigenvalue weighted by molar-refractivity contribution is 9.10. The summed E-state index contributed by atoms with van der Waals surface area (Å²) in [6.45, 7) is 5.93. The van der Waals surface area contributed by atoms with Crippen molar-refractivity contribution in [3.05, 3.63) is 40.4 Å². The third kappa shape index (κ3) is 1.83. The Bertz CT molecular complexity index is 562. The van der Waals surface area contributed by atoms with Crippen molar-refractivity contribution >= 4 is 21.5 Å². The van der Waals surface area contributed by atoms with E-state index in [1.54, 1.807) is 0 Å². The zero-order valence-corrected chi connectivity index (χ0v) is 13.2. The first kappa shape index (κ1) is 13.1. The van der Waals surface area contributed by atoms with Crippen molar-refractivity contribution in [2.45, 2.75) is 37.9 Å². The summed E-state index contributed by atoms with van der Waals surface area (Å²) in [7, 11) is 0. The van der Waals surface area contributed by atoms with E-state index in [4.69, 9.17) is 9.47 Å². The van der Waals surface area contributed by atoms with Crippen molar-refractivity contribution in [3.63, 3.8) is 0 Å². The van der Waals surface area contributed by atoms with E-state index < -0.39 is 0 Å². The maximum Gasteiger partial charge on any atom is 0.168 e. The Morgan fingerprint density at radius 2 is 1.75 bits per heavy atom. The second kappa shape index (κ2) is 4.43. The molecule has 2 nitrogen and oxygen atoms in total. The molecule has 1 saturated carbocycles. The number of allylic oxidation sites excluding steroid dienone is 1.